The van der Waals surface area contributed by atoms with Gasteiger partial charge in [0.25, 0.3) is 10.0 Å². The lowest BCUT2D eigenvalue weighted by atomic mass is 10.2. The molecule has 4 rings (SSSR count). The molecule has 0 unspecified atom stereocenters. The van der Waals surface area contributed by atoms with Crippen molar-refractivity contribution in [3.05, 3.63) is 110 Å². The van der Waals surface area contributed by atoms with Gasteiger partial charge in [-0.05, 0) is 62.1 Å². The van der Waals surface area contributed by atoms with Crippen molar-refractivity contribution in [3.8, 4) is 5.75 Å². The van der Waals surface area contributed by atoms with Gasteiger partial charge in [0.15, 0.2) is 10.3 Å². The number of ether oxygens (including phenoxy) is 2. The van der Waals surface area contributed by atoms with Crippen molar-refractivity contribution < 1.29 is 22.7 Å². The minimum atomic E-state index is -3.93. The molecule has 0 radical (unpaired) electrons. The molecule has 0 spiro atoms. The van der Waals surface area contributed by atoms with Gasteiger partial charge in [0, 0.05) is 25.6 Å². The predicted molar refractivity (Wildman–Crippen MR) is 190 cm³/mol. The summed E-state index contributed by atoms with van der Waals surface area (Å²) >= 11 is 25.7. The van der Waals surface area contributed by atoms with Crippen LogP contribution < -0.4 is 13.9 Å². The number of anilines is 2. The highest BCUT2D eigenvalue weighted by Gasteiger charge is 2.26. The van der Waals surface area contributed by atoms with E-state index in [1.165, 1.54) is 4.31 Å². The molecule has 1 aromatic heterocycles. The summed E-state index contributed by atoms with van der Waals surface area (Å²) < 4.78 is 40.3. The molecule has 250 valence electrons. The fourth-order valence-electron chi connectivity index (χ4n) is 4.92. The molecule has 0 aliphatic rings. The number of carbonyl (C=O) groups is 1. The summed E-state index contributed by atoms with van der Waals surface area (Å²) in [4.78, 5) is 17.9. The quantitative estimate of drug-likeness (QED) is 0.0644. The fourth-order valence-corrected chi connectivity index (χ4v) is 7.38. The van der Waals surface area contributed by atoms with E-state index in [-0.39, 0.29) is 50.8 Å². The summed E-state index contributed by atoms with van der Waals surface area (Å²) in [5, 5.41) is 0.389. The number of aryl methyl sites for hydroxylation is 1. The molecule has 13 heteroatoms. The van der Waals surface area contributed by atoms with E-state index in [0.29, 0.717) is 49.7 Å². The molecule has 0 bridgehead atoms. The van der Waals surface area contributed by atoms with Crippen LogP contribution in [0.4, 0.5) is 11.4 Å². The van der Waals surface area contributed by atoms with Crippen molar-refractivity contribution in [3.63, 3.8) is 0 Å². The maximum atomic E-state index is 13.9. The lowest BCUT2D eigenvalue weighted by molar-refractivity contribution is -0.143. The number of hydrogen-bond acceptors (Lipinski definition) is 7. The van der Waals surface area contributed by atoms with Crippen LogP contribution in [0.5, 0.6) is 5.75 Å². The van der Waals surface area contributed by atoms with Crippen molar-refractivity contribution in [2.45, 2.75) is 44.6 Å². The first-order valence-corrected chi connectivity index (χ1v) is 17.9. The molecular weight excluding hydrogens is 704 g/mol. The van der Waals surface area contributed by atoms with Gasteiger partial charge in [-0.2, -0.15) is 0 Å². The number of aromatic nitrogens is 1. The zero-order valence-corrected chi connectivity index (χ0v) is 29.8. The summed E-state index contributed by atoms with van der Waals surface area (Å²) in [6.45, 7) is 5.01. The number of esters is 1. The van der Waals surface area contributed by atoms with Crippen molar-refractivity contribution in [2.75, 3.05) is 35.5 Å². The van der Waals surface area contributed by atoms with Gasteiger partial charge >= 0.3 is 5.97 Å². The first kappa shape index (κ1) is 36.6. The summed E-state index contributed by atoms with van der Waals surface area (Å²) in [5.74, 6) is 0.166. The van der Waals surface area contributed by atoms with E-state index >= 15 is 0 Å². The monoisotopic (exact) mass is 737 g/mol. The van der Waals surface area contributed by atoms with Crippen LogP contribution in [0.3, 0.4) is 0 Å². The molecule has 8 nitrogen and oxygen atoms in total. The summed E-state index contributed by atoms with van der Waals surface area (Å²) in [5.41, 5.74) is 2.67. The Morgan fingerprint density at radius 3 is 2.13 bits per heavy atom. The van der Waals surface area contributed by atoms with Gasteiger partial charge < -0.3 is 14.4 Å². The summed E-state index contributed by atoms with van der Waals surface area (Å²) in [6.07, 6.45) is 1.12. The zero-order chi connectivity index (χ0) is 34.0. The van der Waals surface area contributed by atoms with Crippen LogP contribution >= 0.6 is 46.4 Å². The third kappa shape index (κ3) is 9.90. The maximum absolute atomic E-state index is 13.9. The third-order valence-corrected chi connectivity index (χ3v) is 10.4. The van der Waals surface area contributed by atoms with Crippen molar-refractivity contribution >= 4 is 73.8 Å². The molecule has 3 aromatic carbocycles. The number of pyridine rings is 1. The van der Waals surface area contributed by atoms with E-state index in [1.54, 1.807) is 49.4 Å². The molecule has 0 saturated heterocycles. The smallest absolute Gasteiger partial charge is 0.305 e. The maximum Gasteiger partial charge on any atom is 0.305 e. The molecule has 4 aromatic rings. The number of halogens is 4. The van der Waals surface area contributed by atoms with Gasteiger partial charge in [0.1, 0.15) is 22.4 Å². The highest BCUT2D eigenvalue weighted by Crippen LogP contribution is 2.42. The Morgan fingerprint density at radius 2 is 1.49 bits per heavy atom. The van der Waals surface area contributed by atoms with Crippen LogP contribution in [0.2, 0.25) is 20.4 Å². The van der Waals surface area contributed by atoms with Crippen LogP contribution in [0, 0.1) is 6.92 Å². The molecular formula is C34H35Cl4N3O5S. The average molecular weight is 740 g/mol. The number of rotatable bonds is 16. The Hall–Kier alpha value is -3.21. The van der Waals surface area contributed by atoms with Gasteiger partial charge in [0.2, 0.25) is 0 Å². The van der Waals surface area contributed by atoms with Crippen LogP contribution in [0.15, 0.2) is 83.8 Å². The topological polar surface area (TPSA) is 89.0 Å². The second-order valence-corrected chi connectivity index (χ2v) is 13.9. The molecule has 0 atom stereocenters. The Balaban J connectivity index is 1.58. The molecule has 47 heavy (non-hydrogen) atoms. The third-order valence-electron chi connectivity index (χ3n) is 7.09. The second kappa shape index (κ2) is 17.3. The molecule has 0 N–H and O–H groups in total. The van der Waals surface area contributed by atoms with E-state index < -0.39 is 10.0 Å². The highest BCUT2D eigenvalue weighted by molar-refractivity contribution is 7.92. The van der Waals surface area contributed by atoms with Crippen molar-refractivity contribution in [1.82, 2.24) is 4.98 Å². The van der Waals surface area contributed by atoms with Crippen molar-refractivity contribution in [1.29, 1.82) is 0 Å². The molecule has 0 saturated carbocycles. The number of sulfonamides is 1. The van der Waals surface area contributed by atoms with Crippen LogP contribution in [-0.4, -0.2) is 45.7 Å². The molecule has 0 fully saturated rings. The molecule has 0 aliphatic carbocycles. The summed E-state index contributed by atoms with van der Waals surface area (Å²) in [7, 11) is -3.93. The Morgan fingerprint density at radius 1 is 0.851 bits per heavy atom. The number of unbranched alkanes of at least 4 members (excludes halogenated alkanes) is 1. The first-order valence-electron chi connectivity index (χ1n) is 15.0. The normalized spacial score (nSPS) is 11.3. The minimum Gasteiger partial charge on any atom is -0.492 e. The van der Waals surface area contributed by atoms with Gasteiger partial charge in [-0.15, -0.1) is 0 Å². The summed E-state index contributed by atoms with van der Waals surface area (Å²) in [6, 6.07) is 23.3. The minimum absolute atomic E-state index is 0.0281. The van der Waals surface area contributed by atoms with Crippen LogP contribution in [0.1, 0.15) is 37.3 Å². The van der Waals surface area contributed by atoms with Gasteiger partial charge in [-0.3, -0.25) is 9.10 Å². The van der Waals surface area contributed by atoms with Gasteiger partial charge in [-0.25, -0.2) is 13.4 Å². The van der Waals surface area contributed by atoms with Crippen LogP contribution in [0.25, 0.3) is 0 Å². The van der Waals surface area contributed by atoms with Crippen molar-refractivity contribution in [2.24, 2.45) is 0 Å². The second-order valence-electron chi connectivity index (χ2n) is 10.6. The van der Waals surface area contributed by atoms with E-state index in [1.807, 2.05) is 48.2 Å². The van der Waals surface area contributed by atoms with Gasteiger partial charge in [0.05, 0.1) is 29.4 Å². The number of hydrogen-bond donors (Lipinski definition) is 0. The molecule has 0 aliphatic heterocycles. The van der Waals surface area contributed by atoms with E-state index in [9.17, 15) is 13.2 Å². The Bertz CT molecular complexity index is 1740. The van der Waals surface area contributed by atoms with E-state index in [0.717, 1.165) is 11.1 Å². The first-order chi connectivity index (χ1) is 22.5. The highest BCUT2D eigenvalue weighted by atomic mass is 35.5. The largest absolute Gasteiger partial charge is 0.492 e. The Labute approximate surface area is 296 Å². The number of nitrogens with zero attached hydrogens (tertiary/aromatic N) is 3. The van der Waals surface area contributed by atoms with E-state index in [2.05, 4.69) is 4.98 Å². The average Bonchev–Trinajstić information content (AvgIpc) is 3.04. The van der Waals surface area contributed by atoms with Gasteiger partial charge in [-0.1, -0.05) is 94.9 Å². The number of carbonyl (C=O) groups excluding carboxylic acids is 1. The lowest BCUT2D eigenvalue weighted by Crippen LogP contribution is -2.32. The standard InChI is InChI=1S/C34H35Cl4N3O5S/c1-3-45-29(42)16-10-11-17-41(47(43,44)28-14-8-5-9-15-28)26-20-24(2)21-27(22-26)46-19-18-40(23-25-12-6-4-7-13-25)32-30(35)33(37)39-34(38)31(32)36/h4-9,12-15,20-22H,3,10-11,16-19,23H2,1-2H3. The Kier molecular flexibility index (Phi) is 13.5. The SMILES string of the molecule is CCOC(=O)CCCCN(c1cc(C)cc(OCCN(Cc2ccccc2)c2c(Cl)c(Cl)nc(Cl)c2Cl)c1)S(=O)(=O)c1ccccc1. The fraction of sp³-hybridized carbons (Fsp3) is 0.294. The number of benzene rings is 3. The molecule has 1 heterocycles. The van der Waals surface area contributed by atoms with E-state index in [4.69, 9.17) is 55.9 Å². The zero-order valence-electron chi connectivity index (χ0n) is 26.0. The predicted octanol–water partition coefficient (Wildman–Crippen LogP) is 9.02. The van der Waals surface area contributed by atoms with Crippen LogP contribution in [-0.2, 0) is 26.1 Å². The molecule has 0 amide bonds. The lowest BCUT2D eigenvalue weighted by Gasteiger charge is -2.28.